The van der Waals surface area contributed by atoms with Crippen LogP contribution >= 0.6 is 0 Å². The zero-order chi connectivity index (χ0) is 16.7. The predicted octanol–water partition coefficient (Wildman–Crippen LogP) is 4.07. The van der Waals surface area contributed by atoms with Gasteiger partial charge in [-0.15, -0.1) is 0 Å². The summed E-state index contributed by atoms with van der Waals surface area (Å²) in [7, 11) is 0. The lowest BCUT2D eigenvalue weighted by Gasteiger charge is -2.26. The van der Waals surface area contributed by atoms with E-state index in [0.717, 1.165) is 31.6 Å². The molecule has 2 unspecified atom stereocenters. The molecule has 1 aliphatic rings. The molecule has 0 radical (unpaired) electrons. The number of carbonyl (C=O) groups excluding carboxylic acids is 1. The number of anilines is 2. The highest BCUT2D eigenvalue weighted by Crippen LogP contribution is 2.25. The maximum atomic E-state index is 12.0. The Kier molecular flexibility index (Phi) is 6.90. The highest BCUT2D eigenvalue weighted by molar-refractivity contribution is 5.91. The van der Waals surface area contributed by atoms with E-state index in [1.807, 2.05) is 24.3 Å². The average molecular weight is 318 g/mol. The van der Waals surface area contributed by atoms with Crippen molar-refractivity contribution in [1.82, 2.24) is 0 Å². The summed E-state index contributed by atoms with van der Waals surface area (Å²) in [4.78, 5) is 14.3. The van der Waals surface area contributed by atoms with E-state index in [4.69, 9.17) is 4.74 Å². The number of hydrogen-bond donors (Lipinski definition) is 1. The fourth-order valence-corrected chi connectivity index (χ4v) is 3.26. The second-order valence-electron chi connectivity index (χ2n) is 6.47. The summed E-state index contributed by atoms with van der Waals surface area (Å²) < 4.78 is 5.76. The fraction of sp³-hybridized carbons (Fsp3) is 0.632. The Morgan fingerprint density at radius 1 is 1.22 bits per heavy atom. The molecule has 4 heteroatoms. The van der Waals surface area contributed by atoms with Crippen molar-refractivity contribution >= 4 is 17.3 Å². The summed E-state index contributed by atoms with van der Waals surface area (Å²) >= 11 is 0. The normalized spacial score (nSPS) is 21.0. The molecule has 0 aromatic heterocycles. The van der Waals surface area contributed by atoms with Crippen LogP contribution in [0.4, 0.5) is 11.4 Å². The third-order valence-corrected chi connectivity index (χ3v) is 4.62. The number of carbonyl (C=O) groups is 1. The van der Waals surface area contributed by atoms with Crippen molar-refractivity contribution in [2.75, 3.05) is 29.9 Å². The number of ether oxygens (including phenoxy) is 1. The number of benzene rings is 1. The minimum Gasteiger partial charge on any atom is -0.372 e. The SMILES string of the molecule is CCN(CC)c1ccc(NC(=O)COC2CCCC(C)C2)cc1. The fourth-order valence-electron chi connectivity index (χ4n) is 3.26. The first-order chi connectivity index (χ1) is 11.1. The Labute approximate surface area is 140 Å². The Morgan fingerprint density at radius 3 is 2.52 bits per heavy atom. The van der Waals surface area contributed by atoms with Gasteiger partial charge < -0.3 is 15.0 Å². The number of nitrogens with one attached hydrogen (secondary N) is 1. The van der Waals surface area contributed by atoms with E-state index < -0.39 is 0 Å². The van der Waals surface area contributed by atoms with E-state index in [1.165, 1.54) is 18.5 Å². The standard InChI is InChI=1S/C19H30N2O2/c1-4-21(5-2)17-11-9-16(10-12-17)20-19(22)14-23-18-8-6-7-15(3)13-18/h9-12,15,18H,4-8,13-14H2,1-3H3,(H,20,22). The summed E-state index contributed by atoms with van der Waals surface area (Å²) in [6.07, 6.45) is 4.89. The quantitative estimate of drug-likeness (QED) is 0.824. The first-order valence-electron chi connectivity index (χ1n) is 8.88. The third-order valence-electron chi connectivity index (χ3n) is 4.62. The Balaban J connectivity index is 1.78. The number of hydrogen-bond acceptors (Lipinski definition) is 3. The molecule has 0 saturated heterocycles. The average Bonchev–Trinajstić information content (AvgIpc) is 2.56. The molecule has 1 aliphatic carbocycles. The topological polar surface area (TPSA) is 41.6 Å². The van der Waals surface area contributed by atoms with Gasteiger partial charge in [0.05, 0.1) is 6.10 Å². The first-order valence-corrected chi connectivity index (χ1v) is 8.88. The third kappa shape index (κ3) is 5.54. The van der Waals surface area contributed by atoms with Gasteiger partial charge in [-0.2, -0.15) is 0 Å². The van der Waals surface area contributed by atoms with Crippen molar-refractivity contribution in [3.63, 3.8) is 0 Å². The molecule has 0 bridgehead atoms. The molecule has 2 rings (SSSR count). The van der Waals surface area contributed by atoms with Crippen molar-refractivity contribution in [3.05, 3.63) is 24.3 Å². The van der Waals surface area contributed by atoms with E-state index in [-0.39, 0.29) is 18.6 Å². The molecule has 23 heavy (non-hydrogen) atoms. The summed E-state index contributed by atoms with van der Waals surface area (Å²) in [6, 6.07) is 8.00. The van der Waals surface area contributed by atoms with Crippen molar-refractivity contribution in [1.29, 1.82) is 0 Å². The molecule has 0 aliphatic heterocycles. The van der Waals surface area contributed by atoms with Crippen LogP contribution in [0.2, 0.25) is 0 Å². The van der Waals surface area contributed by atoms with Gasteiger partial charge in [0.1, 0.15) is 6.61 Å². The van der Waals surface area contributed by atoms with Gasteiger partial charge in [-0.3, -0.25) is 4.79 Å². The Hall–Kier alpha value is -1.55. The van der Waals surface area contributed by atoms with Crippen LogP contribution in [-0.4, -0.2) is 31.7 Å². The van der Waals surface area contributed by atoms with Crippen LogP contribution in [0.5, 0.6) is 0 Å². The van der Waals surface area contributed by atoms with Crippen molar-refractivity contribution in [2.45, 2.75) is 52.6 Å². The molecule has 1 amide bonds. The Morgan fingerprint density at radius 2 is 1.91 bits per heavy atom. The van der Waals surface area contributed by atoms with E-state index >= 15 is 0 Å². The van der Waals surface area contributed by atoms with Crippen molar-refractivity contribution in [3.8, 4) is 0 Å². The molecule has 1 aromatic carbocycles. The van der Waals surface area contributed by atoms with Gasteiger partial charge >= 0.3 is 0 Å². The summed E-state index contributed by atoms with van der Waals surface area (Å²) in [6.45, 7) is 8.65. The van der Waals surface area contributed by atoms with Gasteiger partial charge in [0.2, 0.25) is 5.91 Å². The van der Waals surface area contributed by atoms with E-state index in [1.54, 1.807) is 0 Å². The molecular formula is C19H30N2O2. The lowest BCUT2D eigenvalue weighted by molar-refractivity contribution is -0.123. The summed E-state index contributed by atoms with van der Waals surface area (Å²) in [5.74, 6) is 0.642. The highest BCUT2D eigenvalue weighted by Gasteiger charge is 2.20. The lowest BCUT2D eigenvalue weighted by Crippen LogP contribution is -2.27. The molecule has 2 atom stereocenters. The summed E-state index contributed by atoms with van der Waals surface area (Å²) in [5, 5.41) is 2.91. The van der Waals surface area contributed by atoms with Crippen LogP contribution in [0.3, 0.4) is 0 Å². The number of rotatable bonds is 7. The van der Waals surface area contributed by atoms with Crippen molar-refractivity contribution < 1.29 is 9.53 Å². The minimum atomic E-state index is -0.0705. The van der Waals surface area contributed by atoms with Crippen LogP contribution in [0.25, 0.3) is 0 Å². The molecular weight excluding hydrogens is 288 g/mol. The second-order valence-corrected chi connectivity index (χ2v) is 6.47. The van der Waals surface area contributed by atoms with E-state index in [0.29, 0.717) is 5.92 Å². The van der Waals surface area contributed by atoms with Crippen LogP contribution in [0.1, 0.15) is 46.5 Å². The summed E-state index contributed by atoms with van der Waals surface area (Å²) in [5.41, 5.74) is 2.01. The monoisotopic (exact) mass is 318 g/mol. The molecule has 128 valence electrons. The largest absolute Gasteiger partial charge is 0.372 e. The minimum absolute atomic E-state index is 0.0705. The van der Waals surface area contributed by atoms with Gasteiger partial charge in [0.15, 0.2) is 0 Å². The molecule has 4 nitrogen and oxygen atoms in total. The lowest BCUT2D eigenvalue weighted by atomic mass is 9.89. The van der Waals surface area contributed by atoms with E-state index in [2.05, 4.69) is 31.0 Å². The molecule has 1 N–H and O–H groups in total. The van der Waals surface area contributed by atoms with Crippen LogP contribution in [0.15, 0.2) is 24.3 Å². The Bertz CT molecular complexity index is 483. The molecule has 1 aromatic rings. The van der Waals surface area contributed by atoms with Crippen molar-refractivity contribution in [2.24, 2.45) is 5.92 Å². The molecule has 0 spiro atoms. The van der Waals surface area contributed by atoms with Crippen LogP contribution in [0, 0.1) is 5.92 Å². The van der Waals surface area contributed by atoms with Crippen LogP contribution in [-0.2, 0) is 9.53 Å². The molecule has 1 saturated carbocycles. The van der Waals surface area contributed by atoms with Gasteiger partial charge in [-0.1, -0.05) is 19.8 Å². The smallest absolute Gasteiger partial charge is 0.250 e. The number of nitrogens with zero attached hydrogens (tertiary/aromatic N) is 1. The zero-order valence-corrected chi connectivity index (χ0v) is 14.7. The maximum absolute atomic E-state index is 12.0. The first kappa shape index (κ1) is 17.8. The molecule has 0 heterocycles. The van der Waals surface area contributed by atoms with Gasteiger partial charge in [-0.05, 0) is 56.9 Å². The van der Waals surface area contributed by atoms with Gasteiger partial charge in [0, 0.05) is 24.5 Å². The highest BCUT2D eigenvalue weighted by atomic mass is 16.5. The van der Waals surface area contributed by atoms with E-state index in [9.17, 15) is 4.79 Å². The predicted molar refractivity (Wildman–Crippen MR) is 96.0 cm³/mol. The zero-order valence-electron chi connectivity index (χ0n) is 14.7. The van der Waals surface area contributed by atoms with Crippen LogP contribution < -0.4 is 10.2 Å². The number of amides is 1. The molecule has 1 fully saturated rings. The van der Waals surface area contributed by atoms with Gasteiger partial charge in [-0.25, -0.2) is 0 Å². The van der Waals surface area contributed by atoms with Gasteiger partial charge in [0.25, 0.3) is 0 Å². The second kappa shape index (κ2) is 8.92. The maximum Gasteiger partial charge on any atom is 0.250 e.